The average molecular weight is 261 g/mol. The van der Waals surface area contributed by atoms with Gasteiger partial charge in [0.05, 0.1) is 5.92 Å². The summed E-state index contributed by atoms with van der Waals surface area (Å²) in [5.41, 5.74) is 1.39. The molecule has 5 nitrogen and oxygen atoms in total. The molecule has 1 saturated carbocycles. The first-order chi connectivity index (χ1) is 9.18. The number of hydrogen-bond acceptors (Lipinski definition) is 4. The number of amides is 1. The summed E-state index contributed by atoms with van der Waals surface area (Å²) in [5.74, 6) is -0.441. The van der Waals surface area contributed by atoms with Crippen LogP contribution < -0.4 is 5.17 Å². The van der Waals surface area contributed by atoms with Gasteiger partial charge in [0, 0.05) is 18.0 Å². The number of quaternary nitrogens is 1. The molecule has 1 N–H and O–H groups in total. The molecule has 1 heterocycles. The maximum absolute atomic E-state index is 12.0. The van der Waals surface area contributed by atoms with E-state index < -0.39 is 5.17 Å². The predicted molar refractivity (Wildman–Crippen MR) is 72.4 cm³/mol. The number of carbonyl (C=O) groups excluding carboxylic acids is 1. The molecular weight excluding hydrogens is 242 g/mol. The molecule has 1 amide bonds. The second-order valence-electron chi connectivity index (χ2n) is 4.94. The van der Waals surface area contributed by atoms with Crippen LogP contribution in [0.1, 0.15) is 44.6 Å². The van der Waals surface area contributed by atoms with Crippen molar-refractivity contribution in [1.82, 2.24) is 4.98 Å². The van der Waals surface area contributed by atoms with Crippen LogP contribution in [0.3, 0.4) is 0 Å². The Morgan fingerprint density at radius 3 is 2.58 bits per heavy atom. The van der Waals surface area contributed by atoms with Gasteiger partial charge in [0.2, 0.25) is 0 Å². The number of nitrogens with one attached hydrogen (secondary N) is 1. The highest BCUT2D eigenvalue weighted by Gasteiger charge is 2.27. The van der Waals surface area contributed by atoms with Crippen LogP contribution in [-0.2, 0) is 4.79 Å². The predicted octanol–water partition coefficient (Wildman–Crippen LogP) is 1.30. The molecule has 1 aromatic rings. The van der Waals surface area contributed by atoms with Gasteiger partial charge in [-0.25, -0.2) is 4.79 Å². The molecule has 19 heavy (non-hydrogen) atoms. The lowest BCUT2D eigenvalue weighted by Crippen LogP contribution is -3.06. The van der Waals surface area contributed by atoms with Crippen molar-refractivity contribution in [3.63, 3.8) is 0 Å². The largest absolute Gasteiger partial charge is 0.599 e. The van der Waals surface area contributed by atoms with Crippen LogP contribution in [0.15, 0.2) is 29.6 Å². The Balaban J connectivity index is 2.03. The van der Waals surface area contributed by atoms with Crippen molar-refractivity contribution in [2.75, 3.05) is 0 Å². The van der Waals surface area contributed by atoms with Gasteiger partial charge in [-0.15, -0.1) is 0 Å². The first-order valence-electron chi connectivity index (χ1n) is 6.72. The number of nitrogens with zero attached hydrogens (tertiary/aromatic N) is 2. The fourth-order valence-corrected chi connectivity index (χ4v) is 2.40. The van der Waals surface area contributed by atoms with E-state index in [9.17, 15) is 10.0 Å². The molecule has 1 aliphatic carbocycles. The zero-order valence-corrected chi connectivity index (χ0v) is 11.1. The minimum absolute atomic E-state index is 0.116. The molecule has 0 aromatic carbocycles. The summed E-state index contributed by atoms with van der Waals surface area (Å²) in [6, 6.07) is 3.55. The van der Waals surface area contributed by atoms with E-state index in [1.165, 1.54) is 0 Å². The second kappa shape index (κ2) is 6.54. The van der Waals surface area contributed by atoms with Gasteiger partial charge < -0.3 is 5.21 Å². The Hall–Kier alpha value is -1.59. The molecule has 1 fully saturated rings. The molecule has 0 bridgehead atoms. The van der Waals surface area contributed by atoms with Crippen LogP contribution in [0.5, 0.6) is 0 Å². The van der Waals surface area contributed by atoms with Gasteiger partial charge in [-0.3, -0.25) is 4.98 Å². The van der Waals surface area contributed by atoms with E-state index in [2.05, 4.69) is 10.1 Å². The van der Waals surface area contributed by atoms with E-state index in [1.807, 2.05) is 0 Å². The summed E-state index contributed by atoms with van der Waals surface area (Å²) in [6.07, 6.45) is 8.18. The van der Waals surface area contributed by atoms with Crippen molar-refractivity contribution in [2.24, 2.45) is 11.0 Å². The average Bonchev–Trinajstić information content (AvgIpc) is 2.48. The third-order valence-corrected chi connectivity index (χ3v) is 3.55. The van der Waals surface area contributed by atoms with Crippen molar-refractivity contribution >= 4 is 11.6 Å². The first kappa shape index (κ1) is 13.8. The Morgan fingerprint density at radius 2 is 1.95 bits per heavy atom. The van der Waals surface area contributed by atoms with Gasteiger partial charge in [-0.2, -0.15) is 5.17 Å². The highest BCUT2D eigenvalue weighted by Crippen LogP contribution is 2.22. The van der Waals surface area contributed by atoms with E-state index in [1.54, 1.807) is 31.5 Å². The van der Waals surface area contributed by atoms with E-state index >= 15 is 0 Å². The molecule has 1 atom stereocenters. The third-order valence-electron chi connectivity index (χ3n) is 3.55. The van der Waals surface area contributed by atoms with E-state index in [4.69, 9.17) is 0 Å². The van der Waals surface area contributed by atoms with Gasteiger partial charge in [0.25, 0.3) is 0 Å². The molecule has 0 spiro atoms. The van der Waals surface area contributed by atoms with Crippen LogP contribution in [0.4, 0.5) is 0 Å². The number of carbonyl (C=O) groups is 1. The topological polar surface area (TPSA) is 69.8 Å². The highest BCUT2D eigenvalue weighted by molar-refractivity contribution is 5.98. The molecule has 0 saturated heterocycles. The lowest BCUT2D eigenvalue weighted by atomic mass is 9.89. The first-order valence-corrected chi connectivity index (χ1v) is 6.72. The van der Waals surface area contributed by atoms with Crippen molar-refractivity contribution in [3.05, 3.63) is 35.3 Å². The van der Waals surface area contributed by atoms with Crippen LogP contribution in [0.25, 0.3) is 0 Å². The van der Waals surface area contributed by atoms with Crippen molar-refractivity contribution in [1.29, 1.82) is 0 Å². The Kier molecular flexibility index (Phi) is 4.76. The van der Waals surface area contributed by atoms with Gasteiger partial charge in [-0.05, 0) is 31.9 Å². The van der Waals surface area contributed by atoms with Crippen molar-refractivity contribution in [2.45, 2.75) is 39.0 Å². The number of hydroxylamine groups is 1. The quantitative estimate of drug-likeness (QED) is 0.658. The van der Waals surface area contributed by atoms with Gasteiger partial charge in [0.15, 0.2) is 0 Å². The van der Waals surface area contributed by atoms with Crippen LogP contribution in [0.2, 0.25) is 0 Å². The van der Waals surface area contributed by atoms with Gasteiger partial charge >= 0.3 is 5.91 Å². The second-order valence-corrected chi connectivity index (χ2v) is 4.94. The fraction of sp³-hybridized carbons (Fsp3) is 0.500. The van der Waals surface area contributed by atoms with Gasteiger partial charge in [0.1, 0.15) is 5.71 Å². The van der Waals surface area contributed by atoms with Crippen LogP contribution >= 0.6 is 0 Å². The SMILES string of the molecule is CC(=N[NH+]([O-])C(=O)C1CCCCC1)c1ccncc1. The molecule has 1 unspecified atom stereocenters. The van der Waals surface area contributed by atoms with Gasteiger partial charge in [-0.1, -0.05) is 24.4 Å². The van der Waals surface area contributed by atoms with E-state index in [0.717, 1.165) is 37.7 Å². The van der Waals surface area contributed by atoms with Crippen molar-refractivity contribution in [3.8, 4) is 0 Å². The summed E-state index contributed by atoms with van der Waals surface area (Å²) < 4.78 is 0. The lowest BCUT2D eigenvalue weighted by Gasteiger charge is -2.23. The maximum atomic E-state index is 12.0. The lowest BCUT2D eigenvalue weighted by molar-refractivity contribution is -0.774. The normalized spacial score (nSPS) is 19.2. The molecule has 2 rings (SSSR count). The van der Waals surface area contributed by atoms with Crippen molar-refractivity contribution < 1.29 is 9.97 Å². The molecule has 1 aromatic heterocycles. The van der Waals surface area contributed by atoms with Crippen LogP contribution in [-0.4, -0.2) is 16.6 Å². The maximum Gasteiger partial charge on any atom is 0.341 e. The fourth-order valence-electron chi connectivity index (χ4n) is 2.40. The molecule has 0 aliphatic heterocycles. The number of hydrogen-bond donors (Lipinski definition) is 1. The molecule has 5 heteroatoms. The molecule has 102 valence electrons. The number of aromatic nitrogens is 1. The summed E-state index contributed by atoms with van der Waals surface area (Å²) in [7, 11) is 0. The Labute approximate surface area is 112 Å². The summed E-state index contributed by atoms with van der Waals surface area (Å²) in [4.78, 5) is 15.9. The minimum atomic E-state index is -0.610. The standard InChI is InChI=1S/C14H19N3O2/c1-11(12-7-9-15-10-8-12)16-17(19)14(18)13-5-3-2-4-6-13/h7-10,13,17H,2-6H2,1H3. The molecule has 1 aliphatic rings. The van der Waals surface area contributed by atoms with E-state index in [-0.39, 0.29) is 11.8 Å². The Morgan fingerprint density at radius 1 is 1.32 bits per heavy atom. The van der Waals surface area contributed by atoms with E-state index in [0.29, 0.717) is 5.71 Å². The molecule has 0 radical (unpaired) electrons. The smallest absolute Gasteiger partial charge is 0.341 e. The highest BCUT2D eigenvalue weighted by atomic mass is 16.5. The zero-order chi connectivity index (χ0) is 13.7. The number of pyridine rings is 1. The van der Waals surface area contributed by atoms with Crippen LogP contribution in [0, 0.1) is 11.1 Å². The summed E-state index contributed by atoms with van der Waals surface area (Å²) in [6.45, 7) is 1.74. The monoisotopic (exact) mass is 261 g/mol. The zero-order valence-electron chi connectivity index (χ0n) is 11.1. The summed E-state index contributed by atoms with van der Waals surface area (Å²) >= 11 is 0. The Bertz CT molecular complexity index is 453. The third kappa shape index (κ3) is 3.68. The number of rotatable bonds is 3. The molecular formula is C14H19N3O2. The minimum Gasteiger partial charge on any atom is -0.599 e. The summed E-state index contributed by atoms with van der Waals surface area (Å²) in [5, 5.41) is 15.2.